The van der Waals surface area contributed by atoms with Gasteiger partial charge >= 0.3 is 0 Å². The van der Waals surface area contributed by atoms with Crippen LogP contribution in [0, 0.1) is 12.8 Å². The number of ether oxygens (including phenoxy) is 1. The first-order valence-electron chi connectivity index (χ1n) is 9.27. The van der Waals surface area contributed by atoms with Gasteiger partial charge in [0.1, 0.15) is 12.4 Å². The average Bonchev–Trinajstić information content (AvgIpc) is 3.47. The van der Waals surface area contributed by atoms with E-state index in [0.29, 0.717) is 25.5 Å². The van der Waals surface area contributed by atoms with Gasteiger partial charge in [0.2, 0.25) is 5.91 Å². The molecule has 3 rings (SSSR count). The van der Waals surface area contributed by atoms with Gasteiger partial charge in [-0.25, -0.2) is 0 Å². The van der Waals surface area contributed by atoms with Crippen LogP contribution >= 0.6 is 12.4 Å². The van der Waals surface area contributed by atoms with Crippen molar-refractivity contribution in [1.29, 1.82) is 0 Å². The summed E-state index contributed by atoms with van der Waals surface area (Å²) in [5, 5.41) is 3.13. The summed E-state index contributed by atoms with van der Waals surface area (Å²) in [6.07, 6.45) is 2.64. The molecule has 0 spiro atoms. The van der Waals surface area contributed by atoms with Crippen molar-refractivity contribution >= 4 is 18.3 Å². The number of amides is 1. The zero-order valence-electron chi connectivity index (χ0n) is 16.0. The Morgan fingerprint density at radius 3 is 2.63 bits per heavy atom. The third-order valence-corrected chi connectivity index (χ3v) is 5.25. The van der Waals surface area contributed by atoms with Gasteiger partial charge in [-0.3, -0.25) is 4.79 Å². The summed E-state index contributed by atoms with van der Waals surface area (Å²) in [7, 11) is 0. The summed E-state index contributed by atoms with van der Waals surface area (Å²) in [6.45, 7) is 5.12. The van der Waals surface area contributed by atoms with Crippen molar-refractivity contribution in [3.05, 3.63) is 65.2 Å². The van der Waals surface area contributed by atoms with Gasteiger partial charge in [0.25, 0.3) is 0 Å². The lowest BCUT2D eigenvalue weighted by atomic mass is 9.95. The summed E-state index contributed by atoms with van der Waals surface area (Å²) in [5.41, 5.74) is 8.93. The first kappa shape index (κ1) is 21.3. The first-order chi connectivity index (χ1) is 12.5. The van der Waals surface area contributed by atoms with Gasteiger partial charge in [0.05, 0.1) is 12.0 Å². The zero-order chi connectivity index (χ0) is 18.6. The van der Waals surface area contributed by atoms with Crippen LogP contribution in [0.3, 0.4) is 0 Å². The van der Waals surface area contributed by atoms with E-state index in [9.17, 15) is 4.79 Å². The molecule has 146 valence electrons. The van der Waals surface area contributed by atoms with Gasteiger partial charge in [0.15, 0.2) is 0 Å². The van der Waals surface area contributed by atoms with E-state index in [2.05, 4.69) is 24.4 Å². The predicted octanol–water partition coefficient (Wildman–Crippen LogP) is 3.78. The van der Waals surface area contributed by atoms with Crippen molar-refractivity contribution in [2.45, 2.75) is 45.3 Å². The normalized spacial score (nSPS) is 15.4. The molecule has 4 nitrogen and oxygen atoms in total. The van der Waals surface area contributed by atoms with Crippen molar-refractivity contribution in [3.8, 4) is 5.75 Å². The van der Waals surface area contributed by atoms with Crippen LogP contribution in [0.25, 0.3) is 0 Å². The summed E-state index contributed by atoms with van der Waals surface area (Å²) < 4.78 is 5.91. The highest BCUT2D eigenvalue weighted by molar-refractivity contribution is 5.85. The van der Waals surface area contributed by atoms with E-state index in [1.54, 1.807) is 0 Å². The Morgan fingerprint density at radius 2 is 1.96 bits per heavy atom. The molecule has 0 aromatic heterocycles. The number of carbonyl (C=O) groups is 1. The lowest BCUT2D eigenvalue weighted by Crippen LogP contribution is -2.53. The smallest absolute Gasteiger partial charge is 0.224 e. The van der Waals surface area contributed by atoms with Crippen molar-refractivity contribution < 1.29 is 9.53 Å². The molecule has 0 heterocycles. The Hall–Kier alpha value is -2.04. The second kappa shape index (κ2) is 9.25. The average molecular weight is 389 g/mol. The molecule has 1 atom stereocenters. The van der Waals surface area contributed by atoms with Crippen LogP contribution in [0.4, 0.5) is 0 Å². The van der Waals surface area contributed by atoms with Gasteiger partial charge in [0, 0.05) is 6.54 Å². The Labute approximate surface area is 167 Å². The van der Waals surface area contributed by atoms with Crippen LogP contribution in [0.15, 0.2) is 48.5 Å². The Kier molecular flexibility index (Phi) is 7.28. The molecule has 1 fully saturated rings. The number of hydrogen-bond donors (Lipinski definition) is 2. The molecule has 1 amide bonds. The van der Waals surface area contributed by atoms with Crippen molar-refractivity contribution in [1.82, 2.24) is 5.32 Å². The lowest BCUT2D eigenvalue weighted by molar-refractivity contribution is -0.122. The first-order valence-corrected chi connectivity index (χ1v) is 9.27. The number of carbonyl (C=O) groups excluding carboxylic acids is 1. The van der Waals surface area contributed by atoms with Crippen molar-refractivity contribution in [2.75, 3.05) is 6.54 Å². The number of nitrogens with two attached hydrogens (primary N) is 1. The molecule has 1 aliphatic rings. The SMILES string of the molecule is Cc1ccccc1COc1cccc(CC(=O)NC(C)(CN)C2CC2)c1.Cl. The molecule has 1 saturated carbocycles. The maximum atomic E-state index is 12.4. The molecular formula is C22H29ClN2O2. The van der Waals surface area contributed by atoms with Crippen LogP contribution in [0.5, 0.6) is 5.75 Å². The molecule has 2 aromatic rings. The molecule has 27 heavy (non-hydrogen) atoms. The molecular weight excluding hydrogens is 360 g/mol. The van der Waals surface area contributed by atoms with E-state index in [-0.39, 0.29) is 23.9 Å². The highest BCUT2D eigenvalue weighted by atomic mass is 35.5. The van der Waals surface area contributed by atoms with Crippen molar-refractivity contribution in [2.24, 2.45) is 11.7 Å². The van der Waals surface area contributed by atoms with E-state index in [4.69, 9.17) is 10.5 Å². The van der Waals surface area contributed by atoms with E-state index >= 15 is 0 Å². The Bertz CT molecular complexity index is 776. The molecule has 0 radical (unpaired) electrons. The fourth-order valence-corrected chi connectivity index (χ4v) is 3.27. The number of hydrogen-bond acceptors (Lipinski definition) is 3. The van der Waals surface area contributed by atoms with Crippen LogP contribution in [-0.2, 0) is 17.8 Å². The number of nitrogens with one attached hydrogen (secondary N) is 1. The van der Waals surface area contributed by atoms with E-state index in [1.165, 1.54) is 11.1 Å². The molecule has 0 bridgehead atoms. The maximum Gasteiger partial charge on any atom is 0.224 e. The number of aryl methyl sites for hydroxylation is 1. The Morgan fingerprint density at radius 1 is 1.22 bits per heavy atom. The fourth-order valence-electron chi connectivity index (χ4n) is 3.27. The fraction of sp³-hybridized carbons (Fsp3) is 0.409. The minimum atomic E-state index is -0.282. The van der Waals surface area contributed by atoms with Gasteiger partial charge in [-0.1, -0.05) is 36.4 Å². The number of benzene rings is 2. The second-order valence-corrected chi connectivity index (χ2v) is 7.48. The van der Waals surface area contributed by atoms with E-state index < -0.39 is 0 Å². The molecule has 3 N–H and O–H groups in total. The third-order valence-electron chi connectivity index (χ3n) is 5.25. The molecule has 5 heteroatoms. The topological polar surface area (TPSA) is 64.3 Å². The maximum absolute atomic E-state index is 12.4. The zero-order valence-corrected chi connectivity index (χ0v) is 16.9. The number of halogens is 1. The monoisotopic (exact) mass is 388 g/mol. The molecule has 1 unspecified atom stereocenters. The second-order valence-electron chi connectivity index (χ2n) is 7.48. The minimum Gasteiger partial charge on any atom is -0.489 e. The van der Waals surface area contributed by atoms with Gasteiger partial charge in [-0.2, -0.15) is 0 Å². The van der Waals surface area contributed by atoms with E-state index in [1.807, 2.05) is 43.3 Å². The summed E-state index contributed by atoms with van der Waals surface area (Å²) in [4.78, 5) is 12.4. The van der Waals surface area contributed by atoms with Crippen LogP contribution in [0.1, 0.15) is 36.5 Å². The molecule has 2 aromatic carbocycles. The standard InChI is InChI=1S/C22H28N2O2.ClH/c1-16-6-3-4-8-18(16)14-26-20-9-5-7-17(12-20)13-21(25)24-22(2,15-23)19-10-11-19;/h3-9,12,19H,10-11,13-15,23H2,1-2H3,(H,24,25);1H. The molecule has 0 saturated heterocycles. The quantitative estimate of drug-likeness (QED) is 0.723. The minimum absolute atomic E-state index is 0. The van der Waals surface area contributed by atoms with Gasteiger partial charge < -0.3 is 15.8 Å². The van der Waals surface area contributed by atoms with Crippen molar-refractivity contribution in [3.63, 3.8) is 0 Å². The highest BCUT2D eigenvalue weighted by Gasteiger charge is 2.41. The van der Waals surface area contributed by atoms with Gasteiger partial charge in [-0.15, -0.1) is 12.4 Å². The van der Waals surface area contributed by atoms with Crippen LogP contribution < -0.4 is 15.8 Å². The predicted molar refractivity (Wildman–Crippen MR) is 111 cm³/mol. The van der Waals surface area contributed by atoms with Gasteiger partial charge in [-0.05, 0) is 61.4 Å². The van der Waals surface area contributed by atoms with Crippen LogP contribution in [-0.4, -0.2) is 18.0 Å². The molecule has 1 aliphatic carbocycles. The summed E-state index contributed by atoms with van der Waals surface area (Å²) in [5.74, 6) is 1.31. The Balaban J connectivity index is 0.00000261. The number of rotatable bonds is 8. The lowest BCUT2D eigenvalue weighted by Gasteiger charge is -2.29. The summed E-state index contributed by atoms with van der Waals surface area (Å²) in [6, 6.07) is 15.9. The largest absolute Gasteiger partial charge is 0.489 e. The highest BCUT2D eigenvalue weighted by Crippen LogP contribution is 2.39. The molecule has 0 aliphatic heterocycles. The van der Waals surface area contributed by atoms with Crippen LogP contribution in [0.2, 0.25) is 0 Å². The third kappa shape index (κ3) is 5.72. The van der Waals surface area contributed by atoms with E-state index in [0.717, 1.165) is 24.2 Å². The summed E-state index contributed by atoms with van der Waals surface area (Å²) >= 11 is 0.